The molecule has 0 spiro atoms. The molecular weight excluding hydrogens is 352 g/mol. The molecule has 0 amide bonds. The van der Waals surface area contributed by atoms with E-state index < -0.39 is 16.0 Å². The summed E-state index contributed by atoms with van der Waals surface area (Å²) in [5.74, 6) is -0.518. The van der Waals surface area contributed by atoms with Gasteiger partial charge in [0.15, 0.2) is 0 Å². The highest BCUT2D eigenvalue weighted by Crippen LogP contribution is 2.19. The van der Waals surface area contributed by atoms with E-state index in [0.717, 1.165) is 25.9 Å². The Morgan fingerprint density at radius 2 is 2.00 bits per heavy atom. The second-order valence-corrected chi connectivity index (χ2v) is 8.60. The van der Waals surface area contributed by atoms with Crippen LogP contribution in [0.4, 0.5) is 0 Å². The topological polar surface area (TPSA) is 75.7 Å². The highest BCUT2D eigenvalue weighted by Gasteiger charge is 2.20. The van der Waals surface area contributed by atoms with E-state index >= 15 is 0 Å². The SMILES string of the molecule is CC[C@@H]1CCCCN1CCCNS(=O)(=O)Cc1ccc(C(=O)OC)cc1. The van der Waals surface area contributed by atoms with E-state index in [2.05, 4.69) is 21.3 Å². The van der Waals surface area contributed by atoms with Crippen molar-refractivity contribution in [2.24, 2.45) is 0 Å². The standard InChI is InChI=1S/C19H30N2O4S/c1-3-18-7-4-5-13-21(18)14-6-12-20-26(23,24)15-16-8-10-17(11-9-16)19(22)25-2/h8-11,18,20H,3-7,12-15H2,1-2H3/t18-/m1/s1. The molecule has 1 aromatic rings. The minimum Gasteiger partial charge on any atom is -0.465 e. The summed E-state index contributed by atoms with van der Waals surface area (Å²) in [5.41, 5.74) is 1.06. The third-order valence-electron chi connectivity index (χ3n) is 4.90. The highest BCUT2D eigenvalue weighted by atomic mass is 32.2. The lowest BCUT2D eigenvalue weighted by Crippen LogP contribution is -2.40. The number of sulfonamides is 1. The molecule has 0 unspecified atom stereocenters. The Morgan fingerprint density at radius 3 is 2.65 bits per heavy atom. The van der Waals surface area contributed by atoms with Crippen LogP contribution in [0.3, 0.4) is 0 Å². The van der Waals surface area contributed by atoms with E-state index in [-0.39, 0.29) is 5.75 Å². The third-order valence-corrected chi connectivity index (χ3v) is 6.25. The number of nitrogens with one attached hydrogen (secondary N) is 1. The first-order chi connectivity index (χ1) is 12.4. The predicted molar refractivity (Wildman–Crippen MR) is 103 cm³/mol. The molecule has 0 aromatic heterocycles. The maximum Gasteiger partial charge on any atom is 0.337 e. The molecule has 1 heterocycles. The minimum absolute atomic E-state index is 0.0875. The fourth-order valence-electron chi connectivity index (χ4n) is 3.45. The lowest BCUT2D eigenvalue weighted by molar-refractivity contribution is 0.0600. The number of hydrogen-bond acceptors (Lipinski definition) is 5. The Morgan fingerprint density at radius 1 is 1.27 bits per heavy atom. The van der Waals surface area contributed by atoms with Gasteiger partial charge in [0, 0.05) is 12.6 Å². The molecule has 1 fully saturated rings. The van der Waals surface area contributed by atoms with Crippen LogP contribution in [0.5, 0.6) is 0 Å². The fourth-order valence-corrected chi connectivity index (χ4v) is 4.64. The van der Waals surface area contributed by atoms with Gasteiger partial charge in [0.05, 0.1) is 18.4 Å². The molecule has 1 aromatic carbocycles. The number of ether oxygens (including phenoxy) is 1. The molecule has 1 aliphatic heterocycles. The number of methoxy groups -OCH3 is 1. The number of carbonyl (C=O) groups is 1. The molecule has 0 saturated carbocycles. The van der Waals surface area contributed by atoms with Gasteiger partial charge in [-0.25, -0.2) is 17.9 Å². The van der Waals surface area contributed by atoms with Crippen LogP contribution >= 0.6 is 0 Å². The van der Waals surface area contributed by atoms with Crippen molar-refractivity contribution in [3.8, 4) is 0 Å². The number of piperidine rings is 1. The van der Waals surface area contributed by atoms with E-state index in [1.54, 1.807) is 24.3 Å². The van der Waals surface area contributed by atoms with Gasteiger partial charge in [-0.3, -0.25) is 0 Å². The number of nitrogens with zero attached hydrogens (tertiary/aromatic N) is 1. The molecule has 26 heavy (non-hydrogen) atoms. The van der Waals surface area contributed by atoms with Crippen molar-refractivity contribution < 1.29 is 17.9 Å². The lowest BCUT2D eigenvalue weighted by atomic mass is 10.00. The molecule has 1 aliphatic rings. The molecule has 146 valence electrons. The Kier molecular flexibility index (Phi) is 8.06. The van der Waals surface area contributed by atoms with Crippen molar-refractivity contribution in [3.05, 3.63) is 35.4 Å². The Labute approximate surface area is 157 Å². The Bertz CT molecular complexity index is 673. The molecule has 7 heteroatoms. The van der Waals surface area contributed by atoms with Crippen LogP contribution in [0, 0.1) is 0 Å². The number of esters is 1. The molecule has 0 aliphatic carbocycles. The zero-order chi connectivity index (χ0) is 19.0. The predicted octanol–water partition coefficient (Wildman–Crippen LogP) is 2.55. The van der Waals surface area contributed by atoms with Crippen LogP contribution in [0.1, 0.15) is 54.9 Å². The van der Waals surface area contributed by atoms with Gasteiger partial charge >= 0.3 is 5.97 Å². The van der Waals surface area contributed by atoms with Crippen molar-refractivity contribution in [1.82, 2.24) is 9.62 Å². The molecule has 1 atom stereocenters. The molecule has 2 rings (SSSR count). The van der Waals surface area contributed by atoms with Crippen LogP contribution in [-0.2, 0) is 20.5 Å². The first kappa shape index (κ1) is 20.9. The molecular formula is C19H30N2O4S. The van der Waals surface area contributed by atoms with Crippen LogP contribution < -0.4 is 4.72 Å². The maximum absolute atomic E-state index is 12.2. The highest BCUT2D eigenvalue weighted by molar-refractivity contribution is 7.88. The van der Waals surface area contributed by atoms with Crippen molar-refractivity contribution in [2.45, 2.75) is 50.8 Å². The first-order valence-electron chi connectivity index (χ1n) is 9.34. The molecule has 0 bridgehead atoms. The van der Waals surface area contributed by atoms with Crippen LogP contribution in [0.2, 0.25) is 0 Å². The lowest BCUT2D eigenvalue weighted by Gasteiger charge is -2.35. The normalized spacial score (nSPS) is 18.6. The summed E-state index contributed by atoms with van der Waals surface area (Å²) in [7, 11) is -2.06. The average molecular weight is 383 g/mol. The summed E-state index contributed by atoms with van der Waals surface area (Å²) < 4.78 is 31.8. The molecule has 6 nitrogen and oxygen atoms in total. The molecule has 1 N–H and O–H groups in total. The zero-order valence-electron chi connectivity index (χ0n) is 15.7. The summed E-state index contributed by atoms with van der Waals surface area (Å²) in [6.07, 6.45) is 5.77. The fraction of sp³-hybridized carbons (Fsp3) is 0.632. The maximum atomic E-state index is 12.2. The zero-order valence-corrected chi connectivity index (χ0v) is 16.6. The summed E-state index contributed by atoms with van der Waals surface area (Å²) in [6, 6.07) is 7.10. The van der Waals surface area contributed by atoms with Crippen LogP contribution in [-0.4, -0.2) is 52.1 Å². The quantitative estimate of drug-likeness (QED) is 0.525. The Balaban J connectivity index is 1.77. The Hall–Kier alpha value is -1.44. The molecule has 1 saturated heterocycles. The average Bonchev–Trinajstić information content (AvgIpc) is 2.65. The van der Waals surface area contributed by atoms with E-state index in [0.29, 0.717) is 23.7 Å². The van der Waals surface area contributed by atoms with E-state index in [4.69, 9.17) is 0 Å². The number of benzene rings is 1. The van der Waals surface area contributed by atoms with Gasteiger partial charge in [-0.1, -0.05) is 25.5 Å². The van der Waals surface area contributed by atoms with E-state index in [1.807, 2.05) is 0 Å². The second kappa shape index (κ2) is 10.0. The largest absolute Gasteiger partial charge is 0.465 e. The summed E-state index contributed by atoms with van der Waals surface area (Å²) in [5, 5.41) is 0. The van der Waals surface area contributed by atoms with Gasteiger partial charge in [0.1, 0.15) is 0 Å². The third kappa shape index (κ3) is 6.37. The van der Waals surface area contributed by atoms with E-state index in [9.17, 15) is 13.2 Å². The van der Waals surface area contributed by atoms with Gasteiger partial charge in [-0.2, -0.15) is 0 Å². The van der Waals surface area contributed by atoms with Crippen molar-refractivity contribution in [3.63, 3.8) is 0 Å². The minimum atomic E-state index is -3.38. The van der Waals surface area contributed by atoms with Crippen LogP contribution in [0.25, 0.3) is 0 Å². The number of hydrogen-bond donors (Lipinski definition) is 1. The van der Waals surface area contributed by atoms with E-state index in [1.165, 1.54) is 26.4 Å². The molecule has 0 radical (unpaired) electrons. The summed E-state index contributed by atoms with van der Waals surface area (Å²) in [4.78, 5) is 13.9. The van der Waals surface area contributed by atoms with Gasteiger partial charge in [-0.15, -0.1) is 0 Å². The summed E-state index contributed by atoms with van der Waals surface area (Å²) >= 11 is 0. The first-order valence-corrected chi connectivity index (χ1v) is 11.0. The van der Waals surface area contributed by atoms with Gasteiger partial charge < -0.3 is 9.64 Å². The smallest absolute Gasteiger partial charge is 0.337 e. The van der Waals surface area contributed by atoms with Crippen molar-refractivity contribution in [1.29, 1.82) is 0 Å². The van der Waals surface area contributed by atoms with Crippen molar-refractivity contribution >= 4 is 16.0 Å². The van der Waals surface area contributed by atoms with Gasteiger partial charge in [0.25, 0.3) is 0 Å². The number of rotatable bonds is 9. The second-order valence-electron chi connectivity index (χ2n) is 6.79. The number of carbonyl (C=O) groups excluding carboxylic acids is 1. The van der Waals surface area contributed by atoms with Crippen molar-refractivity contribution in [2.75, 3.05) is 26.7 Å². The van der Waals surface area contributed by atoms with Gasteiger partial charge in [0.2, 0.25) is 10.0 Å². The number of likely N-dealkylation sites (tertiary alicyclic amines) is 1. The van der Waals surface area contributed by atoms with Gasteiger partial charge in [-0.05, 0) is 56.5 Å². The van der Waals surface area contributed by atoms with Crippen LogP contribution in [0.15, 0.2) is 24.3 Å². The monoisotopic (exact) mass is 382 g/mol. The summed E-state index contributed by atoms with van der Waals surface area (Å²) in [6.45, 7) is 4.74.